The van der Waals surface area contributed by atoms with Gasteiger partial charge >= 0.3 is 12.4 Å². The number of hydrogen-bond donors (Lipinski definition) is 0. The molecule has 0 radical (unpaired) electrons. The maximum atomic E-state index is 14.0. The van der Waals surface area contributed by atoms with Crippen LogP contribution in [0.25, 0.3) is 0 Å². The summed E-state index contributed by atoms with van der Waals surface area (Å²) in [5.74, 6) is -3.16. The average molecular weight is 472 g/mol. The number of rotatable bonds is 3. The third-order valence-electron chi connectivity index (χ3n) is 6.08. The molecule has 1 fully saturated rings. The van der Waals surface area contributed by atoms with Gasteiger partial charge in [0.2, 0.25) is 0 Å². The summed E-state index contributed by atoms with van der Waals surface area (Å²) >= 11 is 0. The summed E-state index contributed by atoms with van der Waals surface area (Å²) in [6, 6.07) is 1.53. The van der Waals surface area contributed by atoms with Crippen LogP contribution in [0.2, 0.25) is 0 Å². The molecule has 31 heavy (non-hydrogen) atoms. The van der Waals surface area contributed by atoms with Crippen LogP contribution in [0.15, 0.2) is 29.2 Å². The summed E-state index contributed by atoms with van der Waals surface area (Å²) in [4.78, 5) is 11.4. The minimum atomic E-state index is -4.99. The van der Waals surface area contributed by atoms with Gasteiger partial charge < -0.3 is 0 Å². The predicted molar refractivity (Wildman–Crippen MR) is 97.0 cm³/mol. The van der Waals surface area contributed by atoms with E-state index in [1.54, 1.807) is 0 Å². The van der Waals surface area contributed by atoms with Gasteiger partial charge in [0.1, 0.15) is 16.3 Å². The molecule has 1 unspecified atom stereocenters. The number of sulfone groups is 1. The average Bonchev–Trinajstić information content (AvgIpc) is 2.67. The second-order valence-electron chi connectivity index (χ2n) is 7.91. The molecule has 0 bridgehead atoms. The van der Waals surface area contributed by atoms with E-state index in [1.807, 2.05) is 0 Å². The fourth-order valence-electron chi connectivity index (χ4n) is 4.36. The van der Waals surface area contributed by atoms with Crippen molar-refractivity contribution in [3.63, 3.8) is 0 Å². The number of alkyl halides is 6. The van der Waals surface area contributed by atoms with Gasteiger partial charge in [-0.1, -0.05) is 6.08 Å². The molecule has 1 aromatic rings. The van der Waals surface area contributed by atoms with Gasteiger partial charge in [-0.15, -0.1) is 0 Å². The Bertz CT molecular complexity index is 997. The molecule has 172 valence electrons. The predicted octanol–water partition coefficient (Wildman–Crippen LogP) is 5.84. The molecule has 2 aliphatic carbocycles. The van der Waals surface area contributed by atoms with Gasteiger partial charge in [-0.2, -0.15) is 26.3 Å². The third-order valence-corrected chi connectivity index (χ3v) is 8.80. The van der Waals surface area contributed by atoms with Crippen molar-refractivity contribution < 1.29 is 43.9 Å². The van der Waals surface area contributed by atoms with E-state index in [9.17, 15) is 43.9 Å². The van der Waals surface area contributed by atoms with Gasteiger partial charge in [0.25, 0.3) is 0 Å². The lowest BCUT2D eigenvalue weighted by Gasteiger charge is -2.39. The van der Waals surface area contributed by atoms with E-state index in [4.69, 9.17) is 0 Å². The first-order valence-corrected chi connectivity index (χ1v) is 11.1. The van der Waals surface area contributed by atoms with E-state index in [-0.39, 0.29) is 23.5 Å². The lowest BCUT2D eigenvalue weighted by atomic mass is 9.80. The molecule has 2 aliphatic rings. The molecule has 0 heterocycles. The lowest BCUT2D eigenvalue weighted by Crippen LogP contribution is -2.42. The quantitative estimate of drug-likeness (QED) is 0.519. The van der Waals surface area contributed by atoms with Gasteiger partial charge in [-0.05, 0) is 55.9 Å². The highest BCUT2D eigenvalue weighted by Gasteiger charge is 2.53. The summed E-state index contributed by atoms with van der Waals surface area (Å²) in [5.41, 5.74) is -2.14. The normalized spacial score (nSPS) is 22.9. The number of ketones is 1. The molecule has 1 saturated carbocycles. The van der Waals surface area contributed by atoms with Gasteiger partial charge in [-0.3, -0.25) is 4.79 Å². The summed E-state index contributed by atoms with van der Waals surface area (Å²) in [6.45, 7) is 0. The van der Waals surface area contributed by atoms with E-state index in [0.29, 0.717) is 18.2 Å². The van der Waals surface area contributed by atoms with Crippen molar-refractivity contribution in [2.24, 2.45) is 5.92 Å². The maximum absolute atomic E-state index is 14.0. The molecule has 11 heteroatoms. The van der Waals surface area contributed by atoms with Crippen molar-refractivity contribution in [1.29, 1.82) is 0 Å². The number of carbonyl (C=O) groups is 1. The van der Waals surface area contributed by atoms with Crippen molar-refractivity contribution in [2.75, 3.05) is 0 Å². The van der Waals surface area contributed by atoms with Crippen LogP contribution < -0.4 is 0 Å². The first-order chi connectivity index (χ1) is 14.2. The van der Waals surface area contributed by atoms with Crippen LogP contribution in [-0.2, 0) is 25.6 Å². The summed E-state index contributed by atoms with van der Waals surface area (Å²) < 4.78 is 119. The second kappa shape index (κ2) is 7.90. The maximum Gasteiger partial charge on any atom is 0.416 e. The largest absolute Gasteiger partial charge is 0.416 e. The summed E-state index contributed by atoms with van der Waals surface area (Å²) in [5, 5.41) is 0. The first-order valence-electron chi connectivity index (χ1n) is 9.58. The highest BCUT2D eigenvalue weighted by atomic mass is 32.2. The Balaban J connectivity index is 2.16. The Morgan fingerprint density at radius 2 is 1.58 bits per heavy atom. The molecule has 3 nitrogen and oxygen atoms in total. The van der Waals surface area contributed by atoms with Crippen molar-refractivity contribution >= 4 is 15.6 Å². The van der Waals surface area contributed by atoms with Crippen molar-refractivity contribution in [2.45, 2.75) is 62.0 Å². The Morgan fingerprint density at radius 3 is 2.06 bits per heavy atom. The summed E-state index contributed by atoms with van der Waals surface area (Å²) in [7, 11) is -4.62. The molecule has 1 aromatic carbocycles. The van der Waals surface area contributed by atoms with Gasteiger partial charge in [0.05, 0.1) is 11.5 Å². The third kappa shape index (κ3) is 4.38. The molecule has 0 saturated heterocycles. The molecule has 3 rings (SSSR count). The van der Waals surface area contributed by atoms with Crippen molar-refractivity contribution in [3.05, 3.63) is 46.1 Å². The Hall–Kier alpha value is -1.91. The van der Waals surface area contributed by atoms with Gasteiger partial charge in [-0.25, -0.2) is 12.8 Å². The molecule has 0 N–H and O–H groups in total. The SMILES string of the molecule is O=C1CCC(c2cc(F)ccc2C(F)(F)F)(S(=O)(=O)C2=CCC(C(F)(F)F)CC2)CC1. The number of halogens is 7. The standard InChI is InChI=1S/C20H19F7O3S/c21-13-3-6-16(20(25,26)27)17(11-13)18(9-7-14(28)8-10-18)31(29,30)15-4-1-12(2-5-15)19(22,23)24/h3-4,6,11-12H,1-2,5,7-10H2. The van der Waals surface area contributed by atoms with Crippen LogP contribution in [-0.4, -0.2) is 20.4 Å². The van der Waals surface area contributed by atoms with Crippen LogP contribution in [0, 0.1) is 11.7 Å². The van der Waals surface area contributed by atoms with Crippen molar-refractivity contribution in [1.82, 2.24) is 0 Å². The number of allylic oxidation sites excluding steroid dienone is 2. The van der Waals surface area contributed by atoms with E-state index in [0.717, 1.165) is 6.08 Å². The molecular formula is C20H19F7O3S. The summed E-state index contributed by atoms with van der Waals surface area (Å²) in [6.07, 6.45) is -11.9. The van der Waals surface area contributed by atoms with Crippen LogP contribution in [0.3, 0.4) is 0 Å². The lowest BCUT2D eigenvalue weighted by molar-refractivity contribution is -0.176. The molecule has 0 amide bonds. The Labute approximate surface area is 174 Å². The Morgan fingerprint density at radius 1 is 0.968 bits per heavy atom. The molecule has 0 spiro atoms. The number of benzene rings is 1. The smallest absolute Gasteiger partial charge is 0.300 e. The molecule has 1 atom stereocenters. The van der Waals surface area contributed by atoms with E-state index in [1.165, 1.54) is 0 Å². The monoisotopic (exact) mass is 472 g/mol. The highest BCUT2D eigenvalue weighted by molar-refractivity contribution is 7.96. The van der Waals surface area contributed by atoms with Crippen LogP contribution in [0.1, 0.15) is 56.1 Å². The number of Topliss-reactive ketones (excluding diaryl/α,β-unsaturated/α-hetero) is 1. The molecule has 0 aliphatic heterocycles. The number of carbonyl (C=O) groups excluding carboxylic acids is 1. The van der Waals surface area contributed by atoms with E-state index in [2.05, 4.69) is 0 Å². The van der Waals surface area contributed by atoms with Crippen LogP contribution in [0.4, 0.5) is 30.7 Å². The molecule has 0 aromatic heterocycles. The molecular weight excluding hydrogens is 453 g/mol. The highest BCUT2D eigenvalue weighted by Crippen LogP contribution is 2.51. The second-order valence-corrected chi connectivity index (χ2v) is 10.2. The fourth-order valence-corrected chi connectivity index (χ4v) is 6.76. The van der Waals surface area contributed by atoms with Crippen LogP contribution >= 0.6 is 0 Å². The zero-order chi connectivity index (χ0) is 23.2. The van der Waals surface area contributed by atoms with Gasteiger partial charge in [0.15, 0.2) is 9.84 Å². The zero-order valence-electron chi connectivity index (χ0n) is 16.1. The Kier molecular flexibility index (Phi) is 6.05. The first kappa shape index (κ1) is 23.7. The number of hydrogen-bond acceptors (Lipinski definition) is 3. The van der Waals surface area contributed by atoms with Crippen LogP contribution in [0.5, 0.6) is 0 Å². The fraction of sp³-hybridized carbons (Fsp3) is 0.550. The topological polar surface area (TPSA) is 51.2 Å². The van der Waals surface area contributed by atoms with E-state index < -0.39 is 81.9 Å². The minimum absolute atomic E-state index is 0.328. The zero-order valence-corrected chi connectivity index (χ0v) is 16.9. The van der Waals surface area contributed by atoms with Crippen molar-refractivity contribution in [3.8, 4) is 0 Å². The minimum Gasteiger partial charge on any atom is -0.300 e. The van der Waals surface area contributed by atoms with Gasteiger partial charge in [0, 0.05) is 17.7 Å². The van der Waals surface area contributed by atoms with E-state index >= 15 is 0 Å².